The van der Waals surface area contributed by atoms with Crippen LogP contribution in [0.5, 0.6) is 0 Å². The van der Waals surface area contributed by atoms with Crippen molar-refractivity contribution in [3.63, 3.8) is 0 Å². The molecule has 5 rings (SSSR count). The Balaban J connectivity index is 1.37. The van der Waals surface area contributed by atoms with Gasteiger partial charge >= 0.3 is 6.09 Å². The lowest BCUT2D eigenvalue weighted by Gasteiger charge is -2.29. The van der Waals surface area contributed by atoms with Crippen molar-refractivity contribution in [2.24, 2.45) is 5.92 Å². The van der Waals surface area contributed by atoms with E-state index in [9.17, 15) is 9.90 Å². The highest BCUT2D eigenvalue weighted by Crippen LogP contribution is 2.42. The van der Waals surface area contributed by atoms with Crippen LogP contribution in [0.25, 0.3) is 16.8 Å². The first-order chi connectivity index (χ1) is 14.1. The van der Waals surface area contributed by atoms with E-state index < -0.39 is 0 Å². The largest absolute Gasteiger partial charge is 0.446 e. The molecule has 29 heavy (non-hydrogen) atoms. The number of nitrogens with one attached hydrogen (secondary N) is 1. The summed E-state index contributed by atoms with van der Waals surface area (Å²) in [4.78, 5) is 21.8. The highest BCUT2D eigenvalue weighted by Gasteiger charge is 2.39. The number of fused-ring (bicyclic) bond motifs is 3. The fraction of sp³-hybridized carbons (Fsp3) is 0.600. The Kier molecular flexibility index (Phi) is 4.61. The van der Waals surface area contributed by atoms with E-state index in [0.29, 0.717) is 31.8 Å². The minimum atomic E-state index is -0.305. The molecule has 1 saturated carbocycles. The second-order valence-electron chi connectivity index (χ2n) is 8.19. The summed E-state index contributed by atoms with van der Waals surface area (Å²) in [5, 5.41) is 18.5. The van der Waals surface area contributed by atoms with Crippen molar-refractivity contribution in [2.75, 3.05) is 13.1 Å². The summed E-state index contributed by atoms with van der Waals surface area (Å²) in [7, 11) is 0. The normalized spacial score (nSPS) is 25.9. The van der Waals surface area contributed by atoms with Gasteiger partial charge in [0.25, 0.3) is 0 Å². The summed E-state index contributed by atoms with van der Waals surface area (Å²) in [5.74, 6) is 1.47. The Morgan fingerprint density at radius 1 is 1.31 bits per heavy atom. The highest BCUT2D eigenvalue weighted by atomic mass is 16.6. The molecule has 154 valence electrons. The van der Waals surface area contributed by atoms with E-state index in [1.807, 2.05) is 12.3 Å². The molecule has 2 fully saturated rings. The van der Waals surface area contributed by atoms with Crippen LogP contribution in [-0.2, 0) is 4.74 Å². The Morgan fingerprint density at radius 3 is 2.93 bits per heavy atom. The number of aliphatic hydroxyl groups excluding tert-OH is 1. The van der Waals surface area contributed by atoms with Crippen LogP contribution in [0.2, 0.25) is 0 Å². The molecule has 3 aromatic rings. The van der Waals surface area contributed by atoms with Gasteiger partial charge in [0.1, 0.15) is 11.9 Å². The predicted octanol–water partition coefficient (Wildman–Crippen LogP) is 2.47. The SMILES string of the molecule is CC[C@@H]1C[C@@H](OC(=O)N2CCC(O)CC2)C[C@@H]1c1nnc2cnc3[nH]ccc3n12. The highest BCUT2D eigenvalue weighted by molar-refractivity contribution is 5.74. The van der Waals surface area contributed by atoms with Crippen molar-refractivity contribution in [3.8, 4) is 0 Å². The van der Waals surface area contributed by atoms with Gasteiger partial charge < -0.3 is 19.7 Å². The maximum absolute atomic E-state index is 12.6. The number of ether oxygens (including phenoxy) is 1. The van der Waals surface area contributed by atoms with E-state index in [1.54, 1.807) is 11.1 Å². The van der Waals surface area contributed by atoms with E-state index >= 15 is 0 Å². The summed E-state index contributed by atoms with van der Waals surface area (Å²) < 4.78 is 7.93. The number of H-pyrrole nitrogens is 1. The fourth-order valence-electron chi connectivity index (χ4n) is 4.84. The van der Waals surface area contributed by atoms with Crippen molar-refractivity contribution in [2.45, 2.75) is 57.2 Å². The number of hydrogen-bond acceptors (Lipinski definition) is 6. The first kappa shape index (κ1) is 18.4. The summed E-state index contributed by atoms with van der Waals surface area (Å²) in [5.41, 5.74) is 2.50. The van der Waals surface area contributed by atoms with Crippen LogP contribution >= 0.6 is 0 Å². The number of amides is 1. The molecule has 0 unspecified atom stereocenters. The van der Waals surface area contributed by atoms with Crippen molar-refractivity contribution in [1.29, 1.82) is 0 Å². The Hall–Kier alpha value is -2.68. The number of carbonyl (C=O) groups is 1. The molecule has 1 aliphatic heterocycles. The number of carbonyl (C=O) groups excluding carboxylic acids is 1. The van der Waals surface area contributed by atoms with Crippen LogP contribution in [0.15, 0.2) is 18.5 Å². The van der Waals surface area contributed by atoms with Crippen molar-refractivity contribution >= 4 is 22.9 Å². The van der Waals surface area contributed by atoms with Crippen molar-refractivity contribution in [3.05, 3.63) is 24.3 Å². The standard InChI is InChI=1S/C20H26N6O3/c1-2-12-9-14(29-20(28)25-7-4-13(27)5-8-25)10-15(12)19-24-23-17-11-22-18-16(26(17)19)3-6-21-18/h3,6,11-15,21,27H,2,4-5,7-10H2,1H3/t12-,14-,15+/m1/s1. The first-order valence-electron chi connectivity index (χ1n) is 10.4. The van der Waals surface area contributed by atoms with E-state index in [2.05, 4.69) is 31.5 Å². The van der Waals surface area contributed by atoms with Gasteiger partial charge in [-0.3, -0.25) is 4.40 Å². The monoisotopic (exact) mass is 398 g/mol. The molecule has 2 N–H and O–H groups in total. The summed E-state index contributed by atoms with van der Waals surface area (Å²) in [6.07, 6.45) is 6.71. The molecule has 9 heteroatoms. The number of piperidine rings is 1. The molecule has 0 spiro atoms. The summed E-state index contributed by atoms with van der Waals surface area (Å²) in [6.45, 7) is 3.28. The second kappa shape index (κ2) is 7.29. The number of rotatable bonds is 3. The number of aliphatic hydroxyl groups is 1. The number of nitrogens with zero attached hydrogens (tertiary/aromatic N) is 5. The minimum Gasteiger partial charge on any atom is -0.446 e. The maximum Gasteiger partial charge on any atom is 0.410 e. The van der Waals surface area contributed by atoms with E-state index in [-0.39, 0.29) is 24.2 Å². The zero-order valence-electron chi connectivity index (χ0n) is 16.5. The van der Waals surface area contributed by atoms with E-state index in [4.69, 9.17) is 4.74 Å². The van der Waals surface area contributed by atoms with Crippen LogP contribution in [0.4, 0.5) is 4.79 Å². The van der Waals surface area contributed by atoms with Gasteiger partial charge in [-0.2, -0.15) is 0 Å². The van der Waals surface area contributed by atoms with Crippen LogP contribution in [0, 0.1) is 5.92 Å². The Morgan fingerprint density at radius 2 is 2.14 bits per heavy atom. The molecule has 2 aliphatic rings. The van der Waals surface area contributed by atoms with Crippen LogP contribution < -0.4 is 0 Å². The minimum absolute atomic E-state index is 0.125. The molecule has 9 nitrogen and oxygen atoms in total. The van der Waals surface area contributed by atoms with Gasteiger partial charge in [0, 0.05) is 25.2 Å². The Labute approximate surface area is 168 Å². The lowest BCUT2D eigenvalue weighted by Crippen LogP contribution is -2.41. The van der Waals surface area contributed by atoms with Crippen LogP contribution in [0.1, 0.15) is 50.8 Å². The van der Waals surface area contributed by atoms with E-state index in [0.717, 1.165) is 41.9 Å². The second-order valence-corrected chi connectivity index (χ2v) is 8.19. The molecule has 1 saturated heterocycles. The first-order valence-corrected chi connectivity index (χ1v) is 10.4. The Bertz CT molecular complexity index is 1020. The lowest BCUT2D eigenvalue weighted by atomic mass is 9.93. The molecule has 3 aromatic heterocycles. The predicted molar refractivity (Wildman–Crippen MR) is 105 cm³/mol. The van der Waals surface area contributed by atoms with Crippen LogP contribution in [-0.4, -0.2) is 66.0 Å². The summed E-state index contributed by atoms with van der Waals surface area (Å²) in [6, 6.07) is 1.99. The molecule has 4 heterocycles. The third-order valence-electron chi connectivity index (χ3n) is 6.46. The number of aromatic amines is 1. The molecular formula is C20H26N6O3. The van der Waals surface area contributed by atoms with Crippen LogP contribution in [0.3, 0.4) is 0 Å². The molecule has 0 radical (unpaired) electrons. The number of likely N-dealkylation sites (tertiary alicyclic amines) is 1. The molecule has 1 amide bonds. The third kappa shape index (κ3) is 3.23. The zero-order chi connectivity index (χ0) is 20.0. The number of hydrogen-bond donors (Lipinski definition) is 2. The third-order valence-corrected chi connectivity index (χ3v) is 6.46. The fourth-order valence-corrected chi connectivity index (χ4v) is 4.84. The van der Waals surface area contributed by atoms with Gasteiger partial charge in [-0.25, -0.2) is 9.78 Å². The van der Waals surface area contributed by atoms with Gasteiger partial charge in [0.2, 0.25) is 0 Å². The van der Waals surface area contributed by atoms with Gasteiger partial charge in [-0.1, -0.05) is 13.3 Å². The van der Waals surface area contributed by atoms with Crippen molar-refractivity contribution in [1.82, 2.24) is 29.5 Å². The molecule has 3 atom stereocenters. The van der Waals surface area contributed by atoms with Crippen molar-refractivity contribution < 1.29 is 14.6 Å². The van der Waals surface area contributed by atoms with Gasteiger partial charge in [-0.05, 0) is 37.7 Å². The van der Waals surface area contributed by atoms with Gasteiger partial charge in [0.15, 0.2) is 11.3 Å². The average Bonchev–Trinajstić information content (AvgIpc) is 3.44. The lowest BCUT2D eigenvalue weighted by molar-refractivity contribution is 0.0376. The molecule has 0 bridgehead atoms. The molecule has 0 aromatic carbocycles. The maximum atomic E-state index is 12.6. The average molecular weight is 398 g/mol. The quantitative estimate of drug-likeness (QED) is 0.702. The number of aromatic nitrogens is 5. The van der Waals surface area contributed by atoms with Gasteiger partial charge in [0.05, 0.1) is 17.8 Å². The van der Waals surface area contributed by atoms with Gasteiger partial charge in [-0.15, -0.1) is 10.2 Å². The molecule has 1 aliphatic carbocycles. The molecular weight excluding hydrogens is 372 g/mol. The topological polar surface area (TPSA) is 109 Å². The summed E-state index contributed by atoms with van der Waals surface area (Å²) >= 11 is 0. The zero-order valence-corrected chi connectivity index (χ0v) is 16.5. The smallest absolute Gasteiger partial charge is 0.410 e. The van der Waals surface area contributed by atoms with E-state index in [1.165, 1.54) is 0 Å².